The lowest BCUT2D eigenvalue weighted by Gasteiger charge is -2.21. The minimum absolute atomic E-state index is 0.0622. The van der Waals surface area contributed by atoms with E-state index in [1.54, 1.807) is 6.07 Å². The summed E-state index contributed by atoms with van der Waals surface area (Å²) in [6, 6.07) is 4.08. The molecule has 0 amide bonds. The van der Waals surface area contributed by atoms with Crippen molar-refractivity contribution in [3.63, 3.8) is 0 Å². The second-order valence-corrected chi connectivity index (χ2v) is 4.45. The molecule has 0 spiro atoms. The van der Waals surface area contributed by atoms with E-state index in [0.29, 0.717) is 17.7 Å². The van der Waals surface area contributed by atoms with Crippen molar-refractivity contribution in [1.82, 2.24) is 0 Å². The van der Waals surface area contributed by atoms with E-state index >= 15 is 0 Å². The van der Waals surface area contributed by atoms with Gasteiger partial charge in [0.1, 0.15) is 11.6 Å². The van der Waals surface area contributed by atoms with Crippen molar-refractivity contribution in [2.75, 3.05) is 7.11 Å². The van der Waals surface area contributed by atoms with Gasteiger partial charge in [-0.2, -0.15) is 0 Å². The lowest BCUT2D eigenvalue weighted by molar-refractivity contribution is 0.0832. The fourth-order valence-electron chi connectivity index (χ4n) is 1.36. The van der Waals surface area contributed by atoms with Gasteiger partial charge < -0.3 is 4.74 Å². The molecule has 0 radical (unpaired) electrons. The minimum Gasteiger partial charge on any atom is -0.497 e. The average molecular weight is 224 g/mol. The van der Waals surface area contributed by atoms with Gasteiger partial charge in [0.15, 0.2) is 5.78 Å². The molecule has 0 saturated carbocycles. The van der Waals surface area contributed by atoms with E-state index < -0.39 is 11.2 Å². The van der Waals surface area contributed by atoms with Crippen LogP contribution in [-0.4, -0.2) is 12.9 Å². The third-order valence-corrected chi connectivity index (χ3v) is 2.87. The van der Waals surface area contributed by atoms with E-state index in [0.717, 1.165) is 0 Å². The van der Waals surface area contributed by atoms with Crippen molar-refractivity contribution >= 4 is 5.78 Å². The van der Waals surface area contributed by atoms with Gasteiger partial charge in [-0.15, -0.1) is 0 Å². The van der Waals surface area contributed by atoms with Crippen LogP contribution in [0.15, 0.2) is 18.2 Å². The zero-order valence-corrected chi connectivity index (χ0v) is 10.1. The zero-order valence-electron chi connectivity index (χ0n) is 10.1. The number of carbonyl (C=O) groups excluding carboxylic acids is 1. The highest BCUT2D eigenvalue weighted by Crippen LogP contribution is 2.27. The second kappa shape index (κ2) is 4.64. The highest BCUT2D eigenvalue weighted by Gasteiger charge is 2.27. The van der Waals surface area contributed by atoms with Crippen molar-refractivity contribution in [1.29, 1.82) is 0 Å². The van der Waals surface area contributed by atoms with E-state index in [9.17, 15) is 9.18 Å². The highest BCUT2D eigenvalue weighted by molar-refractivity contribution is 6.00. The minimum atomic E-state index is -0.473. The molecule has 0 aliphatic heterocycles. The Morgan fingerprint density at radius 2 is 2.00 bits per heavy atom. The predicted molar refractivity (Wildman–Crippen MR) is 61.4 cm³/mol. The molecule has 0 fully saturated rings. The third-order valence-electron chi connectivity index (χ3n) is 2.87. The van der Waals surface area contributed by atoms with E-state index in [2.05, 4.69) is 0 Å². The lowest BCUT2D eigenvalue weighted by atomic mass is 9.82. The molecule has 16 heavy (non-hydrogen) atoms. The number of hydrogen-bond donors (Lipinski definition) is 0. The Kier molecular flexibility index (Phi) is 3.68. The van der Waals surface area contributed by atoms with Crippen molar-refractivity contribution in [3.05, 3.63) is 29.6 Å². The van der Waals surface area contributed by atoms with Crippen molar-refractivity contribution < 1.29 is 13.9 Å². The van der Waals surface area contributed by atoms with Crippen LogP contribution in [0, 0.1) is 11.2 Å². The van der Waals surface area contributed by atoms with Crippen molar-refractivity contribution in [2.45, 2.75) is 27.2 Å². The van der Waals surface area contributed by atoms with Crippen LogP contribution in [0.4, 0.5) is 4.39 Å². The smallest absolute Gasteiger partial charge is 0.168 e. The quantitative estimate of drug-likeness (QED) is 0.732. The van der Waals surface area contributed by atoms with E-state index in [1.807, 2.05) is 20.8 Å². The summed E-state index contributed by atoms with van der Waals surface area (Å²) >= 11 is 0. The number of hydrogen-bond acceptors (Lipinski definition) is 2. The van der Waals surface area contributed by atoms with Gasteiger partial charge in [0.05, 0.1) is 7.11 Å². The van der Waals surface area contributed by atoms with Crippen LogP contribution < -0.4 is 4.74 Å². The molecule has 2 nitrogen and oxygen atoms in total. The van der Waals surface area contributed by atoms with Gasteiger partial charge in [-0.05, 0) is 18.6 Å². The number of benzene rings is 1. The van der Waals surface area contributed by atoms with Crippen molar-refractivity contribution in [3.8, 4) is 5.75 Å². The summed E-state index contributed by atoms with van der Waals surface area (Å²) in [7, 11) is 1.45. The number of ketones is 1. The van der Waals surface area contributed by atoms with E-state index in [-0.39, 0.29) is 5.78 Å². The fourth-order valence-corrected chi connectivity index (χ4v) is 1.36. The van der Waals surface area contributed by atoms with Gasteiger partial charge in [-0.25, -0.2) is 4.39 Å². The maximum absolute atomic E-state index is 13.2. The van der Waals surface area contributed by atoms with Crippen LogP contribution >= 0.6 is 0 Å². The molecule has 1 aromatic rings. The molecule has 88 valence electrons. The molecular weight excluding hydrogens is 207 g/mol. The van der Waals surface area contributed by atoms with Crippen LogP contribution in [0.2, 0.25) is 0 Å². The Labute approximate surface area is 95.4 Å². The van der Waals surface area contributed by atoms with Gasteiger partial charge >= 0.3 is 0 Å². The number of ether oxygens (including phenoxy) is 1. The summed E-state index contributed by atoms with van der Waals surface area (Å²) in [5, 5.41) is 0. The molecule has 0 unspecified atom stereocenters. The Morgan fingerprint density at radius 3 is 2.50 bits per heavy atom. The SMILES string of the molecule is CCC(C)(C)C(=O)c1cc(F)cc(OC)c1. The first kappa shape index (κ1) is 12.7. The molecule has 1 aromatic carbocycles. The van der Waals surface area contributed by atoms with Gasteiger partial charge in [-0.3, -0.25) is 4.79 Å². The highest BCUT2D eigenvalue weighted by atomic mass is 19.1. The van der Waals surface area contributed by atoms with Crippen LogP contribution in [0.5, 0.6) is 5.75 Å². The summed E-state index contributed by atoms with van der Waals surface area (Å²) < 4.78 is 18.2. The Hall–Kier alpha value is -1.38. The summed E-state index contributed by atoms with van der Waals surface area (Å²) in [6.45, 7) is 5.65. The zero-order chi connectivity index (χ0) is 12.3. The average Bonchev–Trinajstić information content (AvgIpc) is 2.27. The molecule has 0 atom stereocenters. The topological polar surface area (TPSA) is 26.3 Å². The fraction of sp³-hybridized carbons (Fsp3) is 0.462. The number of Topliss-reactive ketones (excluding diaryl/α,β-unsaturated/α-hetero) is 1. The number of carbonyl (C=O) groups is 1. The first-order valence-electron chi connectivity index (χ1n) is 5.30. The number of rotatable bonds is 4. The molecule has 3 heteroatoms. The van der Waals surface area contributed by atoms with Crippen LogP contribution in [0.1, 0.15) is 37.6 Å². The molecule has 0 N–H and O–H groups in total. The van der Waals surface area contributed by atoms with Crippen LogP contribution in [-0.2, 0) is 0 Å². The third kappa shape index (κ3) is 2.60. The monoisotopic (exact) mass is 224 g/mol. The van der Waals surface area contributed by atoms with Crippen molar-refractivity contribution in [2.24, 2.45) is 5.41 Å². The largest absolute Gasteiger partial charge is 0.497 e. The molecule has 0 aliphatic carbocycles. The Morgan fingerprint density at radius 1 is 1.38 bits per heavy atom. The van der Waals surface area contributed by atoms with Crippen LogP contribution in [0.25, 0.3) is 0 Å². The molecule has 0 saturated heterocycles. The van der Waals surface area contributed by atoms with Gasteiger partial charge in [-0.1, -0.05) is 20.8 Å². The van der Waals surface area contributed by atoms with Gasteiger partial charge in [0, 0.05) is 17.0 Å². The van der Waals surface area contributed by atoms with Gasteiger partial charge in [0.25, 0.3) is 0 Å². The number of methoxy groups -OCH3 is 1. The molecule has 0 heterocycles. The van der Waals surface area contributed by atoms with E-state index in [1.165, 1.54) is 19.2 Å². The first-order valence-corrected chi connectivity index (χ1v) is 5.30. The van der Waals surface area contributed by atoms with E-state index in [4.69, 9.17) is 4.74 Å². The predicted octanol–water partition coefficient (Wildman–Crippen LogP) is 3.45. The maximum Gasteiger partial charge on any atom is 0.168 e. The lowest BCUT2D eigenvalue weighted by Crippen LogP contribution is -2.23. The summed E-state index contributed by atoms with van der Waals surface area (Å²) in [5.74, 6) is -0.141. The Bertz CT molecular complexity index is 397. The van der Waals surface area contributed by atoms with Gasteiger partial charge in [0.2, 0.25) is 0 Å². The summed E-state index contributed by atoms with van der Waals surface area (Å²) in [6.07, 6.45) is 0.713. The first-order chi connectivity index (χ1) is 7.40. The summed E-state index contributed by atoms with van der Waals surface area (Å²) in [5.41, 5.74) is -0.109. The Balaban J connectivity index is 3.13. The number of halogens is 1. The second-order valence-electron chi connectivity index (χ2n) is 4.45. The standard InChI is InChI=1S/C13H17FO2/c1-5-13(2,3)12(15)9-6-10(14)8-11(7-9)16-4/h6-8H,5H2,1-4H3. The molecule has 1 rings (SSSR count). The molecule has 0 aromatic heterocycles. The maximum atomic E-state index is 13.2. The summed E-state index contributed by atoms with van der Waals surface area (Å²) in [4.78, 5) is 12.1. The normalized spacial score (nSPS) is 11.3. The molecular formula is C13H17FO2. The van der Waals surface area contributed by atoms with Crippen LogP contribution in [0.3, 0.4) is 0 Å². The molecule has 0 aliphatic rings. The molecule has 0 bridgehead atoms.